The van der Waals surface area contributed by atoms with Crippen molar-refractivity contribution in [2.24, 2.45) is 0 Å². The van der Waals surface area contributed by atoms with Gasteiger partial charge in [-0.1, -0.05) is 6.07 Å². The van der Waals surface area contributed by atoms with Gasteiger partial charge in [0.1, 0.15) is 11.5 Å². The third kappa shape index (κ3) is 4.68. The van der Waals surface area contributed by atoms with Crippen LogP contribution in [0.1, 0.15) is 23.6 Å². The average molecular weight is 381 g/mol. The van der Waals surface area contributed by atoms with E-state index in [0.29, 0.717) is 18.1 Å². The van der Waals surface area contributed by atoms with Crippen molar-refractivity contribution in [3.63, 3.8) is 0 Å². The zero-order chi connectivity index (χ0) is 20.1. The Bertz CT molecular complexity index is 961. The van der Waals surface area contributed by atoms with E-state index in [-0.39, 0.29) is 18.3 Å². The number of anilines is 1. The number of nitrogens with zero attached hydrogens (tertiary/aromatic N) is 2. The fourth-order valence-corrected chi connectivity index (χ4v) is 2.91. The van der Waals surface area contributed by atoms with Crippen LogP contribution < -0.4 is 14.8 Å². The molecule has 0 fully saturated rings. The number of aryl methyl sites for hydroxylation is 3. The molecule has 0 saturated heterocycles. The van der Waals surface area contributed by atoms with E-state index in [1.165, 1.54) is 0 Å². The van der Waals surface area contributed by atoms with Crippen LogP contribution in [0.25, 0.3) is 11.3 Å². The summed E-state index contributed by atoms with van der Waals surface area (Å²) in [4.78, 5) is 12.3. The molecular formula is C21H23N3O4. The Morgan fingerprint density at radius 2 is 1.79 bits per heavy atom. The molecule has 0 radical (unpaired) electrons. The van der Waals surface area contributed by atoms with Crippen molar-refractivity contribution in [1.29, 1.82) is 0 Å². The van der Waals surface area contributed by atoms with Crippen LogP contribution in [-0.4, -0.2) is 29.4 Å². The molecule has 3 rings (SSSR count). The largest absolute Gasteiger partial charge is 0.494 e. The second-order valence-corrected chi connectivity index (χ2v) is 6.53. The summed E-state index contributed by atoms with van der Waals surface area (Å²) in [5.74, 6) is 1.35. The molecule has 0 saturated carbocycles. The number of ether oxygens (including phenoxy) is 2. The number of carbonyl (C=O) groups is 1. The molecule has 0 aliphatic rings. The van der Waals surface area contributed by atoms with Crippen molar-refractivity contribution < 1.29 is 18.9 Å². The van der Waals surface area contributed by atoms with Crippen LogP contribution in [0.15, 0.2) is 41.0 Å². The van der Waals surface area contributed by atoms with Crippen molar-refractivity contribution in [1.82, 2.24) is 10.3 Å². The monoisotopic (exact) mass is 381 g/mol. The molecule has 3 aromatic rings. The van der Waals surface area contributed by atoms with Crippen LogP contribution in [-0.2, 0) is 4.79 Å². The number of benzene rings is 2. The summed E-state index contributed by atoms with van der Waals surface area (Å²) in [7, 11) is 0. The number of carbonyl (C=O) groups excluding carboxylic acids is 1. The minimum Gasteiger partial charge on any atom is -0.494 e. The summed E-state index contributed by atoms with van der Waals surface area (Å²) >= 11 is 0. The molecule has 7 nitrogen and oxygen atoms in total. The Kier molecular flexibility index (Phi) is 5.93. The third-order valence-corrected chi connectivity index (χ3v) is 4.06. The molecule has 0 aliphatic heterocycles. The highest BCUT2D eigenvalue weighted by molar-refractivity contribution is 5.94. The van der Waals surface area contributed by atoms with Gasteiger partial charge in [-0.3, -0.25) is 4.79 Å². The fourth-order valence-electron chi connectivity index (χ4n) is 2.91. The predicted molar refractivity (Wildman–Crippen MR) is 106 cm³/mol. The van der Waals surface area contributed by atoms with Gasteiger partial charge in [-0.15, -0.1) is 0 Å². The number of nitrogens with one attached hydrogen (secondary N) is 1. The van der Waals surface area contributed by atoms with E-state index in [1.54, 1.807) is 0 Å². The van der Waals surface area contributed by atoms with Gasteiger partial charge in [-0.2, -0.15) is 0 Å². The van der Waals surface area contributed by atoms with Gasteiger partial charge in [0, 0.05) is 5.56 Å². The van der Waals surface area contributed by atoms with Crippen molar-refractivity contribution in [2.45, 2.75) is 27.7 Å². The molecule has 28 heavy (non-hydrogen) atoms. The van der Waals surface area contributed by atoms with E-state index >= 15 is 0 Å². The van der Waals surface area contributed by atoms with Crippen molar-refractivity contribution in [2.75, 3.05) is 18.5 Å². The Morgan fingerprint density at radius 1 is 1.04 bits per heavy atom. The Morgan fingerprint density at radius 3 is 2.46 bits per heavy atom. The van der Waals surface area contributed by atoms with E-state index in [2.05, 4.69) is 15.6 Å². The molecule has 2 aromatic carbocycles. The molecule has 1 heterocycles. The van der Waals surface area contributed by atoms with Gasteiger partial charge in [0.15, 0.2) is 12.3 Å². The van der Waals surface area contributed by atoms with E-state index in [1.807, 2.05) is 64.1 Å². The molecule has 0 unspecified atom stereocenters. The number of amides is 1. The van der Waals surface area contributed by atoms with E-state index < -0.39 is 0 Å². The lowest BCUT2D eigenvalue weighted by Crippen LogP contribution is -2.20. The van der Waals surface area contributed by atoms with Gasteiger partial charge < -0.3 is 14.8 Å². The number of hydrogen-bond donors (Lipinski definition) is 1. The van der Waals surface area contributed by atoms with Gasteiger partial charge in [0.2, 0.25) is 5.82 Å². The van der Waals surface area contributed by atoms with E-state index in [4.69, 9.17) is 14.1 Å². The van der Waals surface area contributed by atoms with Crippen LogP contribution >= 0.6 is 0 Å². The fraction of sp³-hybridized carbons (Fsp3) is 0.286. The van der Waals surface area contributed by atoms with E-state index in [0.717, 1.165) is 28.0 Å². The van der Waals surface area contributed by atoms with Gasteiger partial charge in [0.25, 0.3) is 5.91 Å². The summed E-state index contributed by atoms with van der Waals surface area (Å²) in [6, 6.07) is 11.4. The maximum absolute atomic E-state index is 12.3. The summed E-state index contributed by atoms with van der Waals surface area (Å²) < 4.78 is 16.0. The van der Waals surface area contributed by atoms with Gasteiger partial charge in [-0.05, 0) is 85.0 Å². The first-order chi connectivity index (χ1) is 13.5. The van der Waals surface area contributed by atoms with Gasteiger partial charge in [0.05, 0.1) is 6.61 Å². The van der Waals surface area contributed by atoms with Crippen LogP contribution in [0.4, 0.5) is 5.82 Å². The molecule has 146 valence electrons. The molecule has 1 amide bonds. The standard InChI is InChI=1S/C21H23N3O4/c1-5-26-18-7-6-16(11-15(18)4)20-21(24-28-23-20)22-19(25)12-27-17-9-13(2)8-14(3)10-17/h6-11H,5,12H2,1-4H3,(H,22,24,25). The second-order valence-electron chi connectivity index (χ2n) is 6.53. The lowest BCUT2D eigenvalue weighted by Gasteiger charge is -2.09. The SMILES string of the molecule is CCOc1ccc(-c2nonc2NC(=O)COc2cc(C)cc(C)c2)cc1C. The first kappa shape index (κ1) is 19.4. The maximum atomic E-state index is 12.3. The minimum absolute atomic E-state index is 0.141. The molecule has 7 heteroatoms. The van der Waals surface area contributed by atoms with Crippen molar-refractivity contribution in [3.8, 4) is 22.8 Å². The normalized spacial score (nSPS) is 10.6. The smallest absolute Gasteiger partial charge is 0.263 e. The highest BCUT2D eigenvalue weighted by atomic mass is 16.6. The minimum atomic E-state index is -0.348. The lowest BCUT2D eigenvalue weighted by atomic mass is 10.1. The zero-order valence-corrected chi connectivity index (χ0v) is 16.4. The van der Waals surface area contributed by atoms with Crippen LogP contribution in [0.5, 0.6) is 11.5 Å². The summed E-state index contributed by atoms with van der Waals surface area (Å²) in [6.07, 6.45) is 0. The quantitative estimate of drug-likeness (QED) is 0.664. The summed E-state index contributed by atoms with van der Waals surface area (Å²) in [5, 5.41) is 10.4. The Balaban J connectivity index is 1.68. The highest BCUT2D eigenvalue weighted by Crippen LogP contribution is 2.29. The van der Waals surface area contributed by atoms with Crippen LogP contribution in [0.3, 0.4) is 0 Å². The second kappa shape index (κ2) is 8.56. The number of hydrogen-bond acceptors (Lipinski definition) is 6. The van der Waals surface area contributed by atoms with E-state index in [9.17, 15) is 4.79 Å². The Labute approximate surface area is 163 Å². The molecular weight excluding hydrogens is 358 g/mol. The molecule has 1 aromatic heterocycles. The zero-order valence-electron chi connectivity index (χ0n) is 16.4. The van der Waals surface area contributed by atoms with Gasteiger partial charge >= 0.3 is 0 Å². The topological polar surface area (TPSA) is 86.5 Å². The first-order valence-electron chi connectivity index (χ1n) is 9.03. The molecule has 0 aliphatic carbocycles. The van der Waals surface area contributed by atoms with Gasteiger partial charge in [-0.25, -0.2) is 4.63 Å². The highest BCUT2D eigenvalue weighted by Gasteiger charge is 2.16. The summed E-state index contributed by atoms with van der Waals surface area (Å²) in [5.41, 5.74) is 4.32. The molecule has 0 spiro atoms. The van der Waals surface area contributed by atoms with Crippen LogP contribution in [0, 0.1) is 20.8 Å². The van der Waals surface area contributed by atoms with Crippen LogP contribution in [0.2, 0.25) is 0 Å². The van der Waals surface area contributed by atoms with Crippen molar-refractivity contribution >= 4 is 11.7 Å². The average Bonchev–Trinajstić information content (AvgIpc) is 3.09. The first-order valence-corrected chi connectivity index (χ1v) is 9.03. The van der Waals surface area contributed by atoms with Crippen molar-refractivity contribution in [3.05, 3.63) is 53.1 Å². The third-order valence-electron chi connectivity index (χ3n) is 4.06. The Hall–Kier alpha value is -3.35. The molecule has 0 bridgehead atoms. The summed E-state index contributed by atoms with van der Waals surface area (Å²) in [6.45, 7) is 8.28. The predicted octanol–water partition coefficient (Wildman–Crippen LogP) is 4.08. The molecule has 1 N–H and O–H groups in total. The number of aromatic nitrogens is 2. The molecule has 0 atom stereocenters. The lowest BCUT2D eigenvalue weighted by molar-refractivity contribution is -0.118. The maximum Gasteiger partial charge on any atom is 0.263 e. The number of rotatable bonds is 7.